The van der Waals surface area contributed by atoms with Gasteiger partial charge in [-0.2, -0.15) is 0 Å². The molecule has 0 bridgehead atoms. The van der Waals surface area contributed by atoms with Gasteiger partial charge in [-0.05, 0) is 12.8 Å². The third-order valence-electron chi connectivity index (χ3n) is 2.55. The zero-order valence-corrected chi connectivity index (χ0v) is 7.94. The summed E-state index contributed by atoms with van der Waals surface area (Å²) in [4.78, 5) is 15.6. The number of aromatic nitrogens is 2. The number of amides is 1. The fourth-order valence-electron chi connectivity index (χ4n) is 1.79. The first-order valence-corrected chi connectivity index (χ1v) is 4.81. The van der Waals surface area contributed by atoms with Gasteiger partial charge in [0.2, 0.25) is 5.91 Å². The summed E-state index contributed by atoms with van der Waals surface area (Å²) >= 11 is 0. The Balaban J connectivity index is 2.24. The van der Waals surface area contributed by atoms with Crippen LogP contribution in [0.3, 0.4) is 0 Å². The van der Waals surface area contributed by atoms with E-state index in [4.69, 9.17) is 5.73 Å². The number of imidazole rings is 1. The highest BCUT2D eigenvalue weighted by molar-refractivity contribution is 5.81. The van der Waals surface area contributed by atoms with Crippen LogP contribution in [0.15, 0.2) is 12.5 Å². The fraction of sp³-hybridized carbons (Fsp3) is 0.556. The SMILES string of the molecule is NCc1cncn1C1CCCNC1=O. The molecule has 2 heterocycles. The maximum atomic E-state index is 11.6. The molecule has 5 heteroatoms. The maximum Gasteiger partial charge on any atom is 0.243 e. The molecule has 1 aliphatic heterocycles. The number of hydrogen-bond donors (Lipinski definition) is 2. The second-order valence-corrected chi connectivity index (χ2v) is 3.45. The van der Waals surface area contributed by atoms with Gasteiger partial charge in [0.1, 0.15) is 6.04 Å². The van der Waals surface area contributed by atoms with Gasteiger partial charge in [0, 0.05) is 19.3 Å². The normalized spacial score (nSPS) is 22.1. The van der Waals surface area contributed by atoms with Crippen molar-refractivity contribution in [1.82, 2.24) is 14.9 Å². The van der Waals surface area contributed by atoms with Gasteiger partial charge in [-0.1, -0.05) is 0 Å². The van der Waals surface area contributed by atoms with E-state index in [1.807, 2.05) is 4.57 Å². The van der Waals surface area contributed by atoms with Crippen LogP contribution >= 0.6 is 0 Å². The number of hydrogen-bond acceptors (Lipinski definition) is 3. The Bertz CT molecular complexity index is 333. The van der Waals surface area contributed by atoms with Crippen molar-refractivity contribution in [3.05, 3.63) is 18.2 Å². The molecular formula is C9H14N4O. The molecule has 0 aromatic carbocycles. The number of nitrogens with zero attached hydrogens (tertiary/aromatic N) is 2. The summed E-state index contributed by atoms with van der Waals surface area (Å²) in [5, 5.41) is 2.84. The van der Waals surface area contributed by atoms with Crippen LogP contribution in [0.1, 0.15) is 24.6 Å². The quantitative estimate of drug-likeness (QED) is 0.684. The predicted molar refractivity (Wildman–Crippen MR) is 51.4 cm³/mol. The van der Waals surface area contributed by atoms with E-state index in [0.717, 1.165) is 25.1 Å². The van der Waals surface area contributed by atoms with Crippen molar-refractivity contribution in [2.45, 2.75) is 25.4 Å². The summed E-state index contributed by atoms with van der Waals surface area (Å²) in [6.07, 6.45) is 5.27. The van der Waals surface area contributed by atoms with E-state index in [0.29, 0.717) is 6.54 Å². The number of nitrogens with two attached hydrogens (primary N) is 1. The lowest BCUT2D eigenvalue weighted by molar-refractivity contribution is -0.125. The van der Waals surface area contributed by atoms with Crippen molar-refractivity contribution in [2.24, 2.45) is 5.73 Å². The van der Waals surface area contributed by atoms with Gasteiger partial charge in [0.15, 0.2) is 0 Å². The number of carbonyl (C=O) groups excluding carboxylic acids is 1. The molecule has 0 saturated carbocycles. The lowest BCUT2D eigenvalue weighted by Gasteiger charge is -2.24. The number of nitrogens with one attached hydrogen (secondary N) is 1. The molecule has 14 heavy (non-hydrogen) atoms. The van der Waals surface area contributed by atoms with Crippen molar-refractivity contribution in [3.8, 4) is 0 Å². The monoisotopic (exact) mass is 194 g/mol. The highest BCUT2D eigenvalue weighted by Crippen LogP contribution is 2.19. The molecule has 0 aliphatic carbocycles. The van der Waals surface area contributed by atoms with Crippen LogP contribution in [0.25, 0.3) is 0 Å². The smallest absolute Gasteiger partial charge is 0.243 e. The molecule has 1 saturated heterocycles. The summed E-state index contributed by atoms with van der Waals surface area (Å²) in [5.74, 6) is 0.0731. The fourth-order valence-corrected chi connectivity index (χ4v) is 1.79. The van der Waals surface area contributed by atoms with Crippen LogP contribution in [-0.2, 0) is 11.3 Å². The first-order valence-electron chi connectivity index (χ1n) is 4.81. The molecule has 2 rings (SSSR count). The molecule has 1 atom stereocenters. The largest absolute Gasteiger partial charge is 0.354 e. The molecule has 1 amide bonds. The first-order chi connectivity index (χ1) is 6.83. The highest BCUT2D eigenvalue weighted by Gasteiger charge is 2.24. The Kier molecular flexibility index (Phi) is 2.49. The second-order valence-electron chi connectivity index (χ2n) is 3.45. The van der Waals surface area contributed by atoms with Crippen molar-refractivity contribution in [3.63, 3.8) is 0 Å². The van der Waals surface area contributed by atoms with Crippen molar-refractivity contribution in [2.75, 3.05) is 6.54 Å². The van der Waals surface area contributed by atoms with Gasteiger partial charge in [0.05, 0.1) is 12.0 Å². The summed E-state index contributed by atoms with van der Waals surface area (Å²) in [5.41, 5.74) is 6.46. The van der Waals surface area contributed by atoms with Crippen LogP contribution < -0.4 is 11.1 Å². The third kappa shape index (κ3) is 1.50. The van der Waals surface area contributed by atoms with E-state index >= 15 is 0 Å². The van der Waals surface area contributed by atoms with Crippen LogP contribution in [0.5, 0.6) is 0 Å². The van der Waals surface area contributed by atoms with Gasteiger partial charge in [-0.15, -0.1) is 0 Å². The van der Waals surface area contributed by atoms with Gasteiger partial charge < -0.3 is 15.6 Å². The van der Waals surface area contributed by atoms with Gasteiger partial charge in [-0.25, -0.2) is 4.98 Å². The van der Waals surface area contributed by atoms with E-state index in [2.05, 4.69) is 10.3 Å². The van der Waals surface area contributed by atoms with E-state index in [9.17, 15) is 4.79 Å². The standard InChI is InChI=1S/C9H14N4O/c10-4-7-5-11-6-13(7)8-2-1-3-12-9(8)14/h5-6,8H,1-4,10H2,(H,12,14). The Labute approximate surface area is 82.3 Å². The topological polar surface area (TPSA) is 72.9 Å². The molecule has 5 nitrogen and oxygen atoms in total. The summed E-state index contributed by atoms with van der Waals surface area (Å²) < 4.78 is 1.87. The number of piperidine rings is 1. The second kappa shape index (κ2) is 3.79. The Hall–Kier alpha value is -1.36. The minimum atomic E-state index is -0.121. The molecule has 0 radical (unpaired) electrons. The molecule has 1 aliphatic rings. The third-order valence-corrected chi connectivity index (χ3v) is 2.55. The molecule has 1 aromatic rings. The van der Waals surface area contributed by atoms with E-state index in [-0.39, 0.29) is 11.9 Å². The van der Waals surface area contributed by atoms with Gasteiger partial charge >= 0.3 is 0 Å². The van der Waals surface area contributed by atoms with Crippen LogP contribution in [0, 0.1) is 0 Å². The number of rotatable bonds is 2. The predicted octanol–water partition coefficient (Wildman–Crippen LogP) is -0.207. The summed E-state index contributed by atoms with van der Waals surface area (Å²) in [6, 6.07) is -0.121. The Morgan fingerprint density at radius 1 is 1.71 bits per heavy atom. The van der Waals surface area contributed by atoms with Gasteiger partial charge in [-0.3, -0.25) is 4.79 Å². The Morgan fingerprint density at radius 2 is 2.57 bits per heavy atom. The van der Waals surface area contributed by atoms with Crippen LogP contribution in [0.4, 0.5) is 0 Å². The zero-order chi connectivity index (χ0) is 9.97. The van der Waals surface area contributed by atoms with Crippen molar-refractivity contribution >= 4 is 5.91 Å². The average molecular weight is 194 g/mol. The molecule has 1 unspecified atom stereocenters. The van der Waals surface area contributed by atoms with Gasteiger partial charge in [0.25, 0.3) is 0 Å². The summed E-state index contributed by atoms with van der Waals surface area (Å²) in [6.45, 7) is 1.20. The lowest BCUT2D eigenvalue weighted by atomic mass is 10.1. The van der Waals surface area contributed by atoms with E-state index < -0.39 is 0 Å². The molecule has 3 N–H and O–H groups in total. The minimum Gasteiger partial charge on any atom is -0.354 e. The van der Waals surface area contributed by atoms with Crippen molar-refractivity contribution in [1.29, 1.82) is 0 Å². The van der Waals surface area contributed by atoms with E-state index in [1.54, 1.807) is 12.5 Å². The Morgan fingerprint density at radius 3 is 3.29 bits per heavy atom. The number of carbonyl (C=O) groups is 1. The highest BCUT2D eigenvalue weighted by atomic mass is 16.2. The molecule has 76 valence electrons. The molecule has 0 spiro atoms. The molecule has 1 aromatic heterocycles. The molecular weight excluding hydrogens is 180 g/mol. The van der Waals surface area contributed by atoms with Crippen LogP contribution in [0.2, 0.25) is 0 Å². The zero-order valence-electron chi connectivity index (χ0n) is 7.94. The maximum absolute atomic E-state index is 11.6. The lowest BCUT2D eigenvalue weighted by Crippen LogP contribution is -2.38. The van der Waals surface area contributed by atoms with Crippen LogP contribution in [-0.4, -0.2) is 22.0 Å². The minimum absolute atomic E-state index is 0.0731. The average Bonchev–Trinajstić information content (AvgIpc) is 2.66. The van der Waals surface area contributed by atoms with E-state index in [1.165, 1.54) is 0 Å². The first kappa shape index (κ1) is 9.21. The van der Waals surface area contributed by atoms with Crippen molar-refractivity contribution < 1.29 is 4.79 Å². The molecule has 1 fully saturated rings. The summed E-state index contributed by atoms with van der Waals surface area (Å²) in [7, 11) is 0.